The lowest BCUT2D eigenvalue weighted by Gasteiger charge is -2.23. The molecule has 0 aliphatic carbocycles. The molecule has 1 amide bonds. The number of thioether (sulfide) groups is 1. The van der Waals surface area contributed by atoms with Crippen molar-refractivity contribution in [3.8, 4) is 11.5 Å². The first kappa shape index (κ1) is 15.6. The third-order valence-corrected chi connectivity index (χ3v) is 5.76. The van der Waals surface area contributed by atoms with Crippen LogP contribution in [0.15, 0.2) is 22.1 Å². The predicted octanol–water partition coefficient (Wildman–Crippen LogP) is 3.10. The van der Waals surface area contributed by atoms with Crippen LogP contribution >= 0.6 is 39.0 Å². The van der Waals surface area contributed by atoms with E-state index in [1.54, 1.807) is 36.4 Å². The lowest BCUT2D eigenvalue weighted by Crippen LogP contribution is -2.28. The van der Waals surface area contributed by atoms with Crippen LogP contribution in [0.3, 0.4) is 0 Å². The summed E-state index contributed by atoms with van der Waals surface area (Å²) in [5.41, 5.74) is 2.55. The maximum atomic E-state index is 12.2. The maximum Gasteiger partial charge on any atom is 0.240 e. The summed E-state index contributed by atoms with van der Waals surface area (Å²) in [7, 11) is 3.18. The topological polar surface area (TPSA) is 64.5 Å². The van der Waals surface area contributed by atoms with Crippen molar-refractivity contribution in [2.75, 3.05) is 24.9 Å². The highest BCUT2D eigenvalue weighted by Gasteiger charge is 2.37. The van der Waals surface area contributed by atoms with Crippen molar-refractivity contribution >= 4 is 50.1 Å². The molecule has 9 heteroatoms. The smallest absolute Gasteiger partial charge is 0.240 e. The number of hydrogen-bond acceptors (Lipinski definition) is 7. The molecular weight excluding hydrogens is 390 g/mol. The number of amides is 1. The van der Waals surface area contributed by atoms with Crippen molar-refractivity contribution in [1.82, 2.24) is 10.2 Å². The SMILES string of the molecule is COc1cc(Br)c([C@@H]2SCC(=O)N2c2nncs2)cc1OC. The van der Waals surface area contributed by atoms with Crippen LogP contribution in [-0.4, -0.2) is 36.1 Å². The zero-order valence-electron chi connectivity index (χ0n) is 11.8. The number of methoxy groups -OCH3 is 2. The van der Waals surface area contributed by atoms with E-state index in [4.69, 9.17) is 9.47 Å². The molecule has 1 aromatic carbocycles. The minimum atomic E-state index is -0.172. The first-order valence-electron chi connectivity index (χ1n) is 6.27. The molecule has 0 unspecified atom stereocenters. The Morgan fingerprint density at radius 3 is 2.68 bits per heavy atom. The second kappa shape index (κ2) is 6.43. The molecule has 116 valence electrons. The number of hydrogen-bond donors (Lipinski definition) is 0. The van der Waals surface area contributed by atoms with Gasteiger partial charge >= 0.3 is 0 Å². The summed E-state index contributed by atoms with van der Waals surface area (Å²) in [5.74, 6) is 1.69. The molecule has 3 rings (SSSR count). The largest absolute Gasteiger partial charge is 0.493 e. The number of nitrogens with zero attached hydrogens (tertiary/aromatic N) is 3. The van der Waals surface area contributed by atoms with E-state index in [9.17, 15) is 4.79 Å². The highest BCUT2D eigenvalue weighted by molar-refractivity contribution is 9.10. The molecule has 1 saturated heterocycles. The summed E-state index contributed by atoms with van der Waals surface area (Å²) in [6.07, 6.45) is 0. The first-order chi connectivity index (χ1) is 10.7. The van der Waals surface area contributed by atoms with Gasteiger partial charge < -0.3 is 9.47 Å². The van der Waals surface area contributed by atoms with Crippen LogP contribution in [-0.2, 0) is 4.79 Å². The van der Waals surface area contributed by atoms with Gasteiger partial charge in [-0.15, -0.1) is 22.0 Å². The van der Waals surface area contributed by atoms with Gasteiger partial charge in [0.25, 0.3) is 0 Å². The number of ether oxygens (including phenoxy) is 2. The molecule has 1 aliphatic rings. The molecule has 0 bridgehead atoms. The highest BCUT2D eigenvalue weighted by atomic mass is 79.9. The van der Waals surface area contributed by atoms with Crippen molar-refractivity contribution in [2.45, 2.75) is 5.37 Å². The van der Waals surface area contributed by atoms with Crippen LogP contribution < -0.4 is 14.4 Å². The van der Waals surface area contributed by atoms with Crippen LogP contribution in [0.5, 0.6) is 11.5 Å². The Bertz CT molecular complexity index is 696. The van der Waals surface area contributed by atoms with Gasteiger partial charge in [0.05, 0.1) is 20.0 Å². The summed E-state index contributed by atoms with van der Waals surface area (Å²) in [6.45, 7) is 0. The van der Waals surface area contributed by atoms with E-state index in [1.165, 1.54) is 11.3 Å². The summed E-state index contributed by atoms with van der Waals surface area (Å²) in [5, 5.41) is 8.27. The standard InChI is InChI=1S/C13H12BrN3O3S2/c1-19-9-3-7(8(14)4-10(9)20-2)12-17(11(18)5-21-12)13-16-15-6-22-13/h3-4,6,12H,5H2,1-2H3/t12-/m0/s1. The van der Waals surface area contributed by atoms with Gasteiger partial charge in [-0.3, -0.25) is 9.69 Å². The number of anilines is 1. The molecule has 1 atom stereocenters. The third kappa shape index (κ3) is 2.68. The molecule has 1 aliphatic heterocycles. The fourth-order valence-corrected chi connectivity index (χ4v) is 4.73. The van der Waals surface area contributed by atoms with E-state index in [1.807, 2.05) is 12.1 Å². The molecule has 2 aromatic rings. The lowest BCUT2D eigenvalue weighted by molar-refractivity contribution is -0.115. The Kier molecular flexibility index (Phi) is 4.55. The number of halogens is 1. The van der Waals surface area contributed by atoms with Crippen molar-refractivity contribution in [1.29, 1.82) is 0 Å². The molecule has 0 radical (unpaired) electrons. The predicted molar refractivity (Wildman–Crippen MR) is 89.8 cm³/mol. The lowest BCUT2D eigenvalue weighted by atomic mass is 10.2. The normalized spacial score (nSPS) is 17.9. The van der Waals surface area contributed by atoms with Gasteiger partial charge in [0, 0.05) is 10.0 Å². The zero-order valence-corrected chi connectivity index (χ0v) is 15.0. The minimum Gasteiger partial charge on any atom is -0.493 e. The number of benzene rings is 1. The quantitative estimate of drug-likeness (QED) is 0.783. The molecule has 0 saturated carbocycles. The summed E-state index contributed by atoms with van der Waals surface area (Å²) < 4.78 is 11.5. The Balaban J connectivity index is 2.04. The monoisotopic (exact) mass is 401 g/mol. The van der Waals surface area contributed by atoms with Crippen molar-refractivity contribution < 1.29 is 14.3 Å². The van der Waals surface area contributed by atoms with Gasteiger partial charge in [0.15, 0.2) is 11.5 Å². The van der Waals surface area contributed by atoms with Crippen molar-refractivity contribution in [3.63, 3.8) is 0 Å². The Morgan fingerprint density at radius 1 is 1.32 bits per heavy atom. The first-order valence-corrected chi connectivity index (χ1v) is 8.99. The summed E-state index contributed by atoms with van der Waals surface area (Å²) in [4.78, 5) is 13.9. The van der Waals surface area contributed by atoms with E-state index in [2.05, 4.69) is 26.1 Å². The number of aromatic nitrogens is 2. The van der Waals surface area contributed by atoms with Gasteiger partial charge in [0.1, 0.15) is 10.9 Å². The second-order valence-electron chi connectivity index (χ2n) is 4.38. The van der Waals surface area contributed by atoms with Gasteiger partial charge in [-0.25, -0.2) is 0 Å². The zero-order chi connectivity index (χ0) is 15.7. The molecule has 2 heterocycles. The highest BCUT2D eigenvalue weighted by Crippen LogP contribution is 2.47. The molecule has 1 aromatic heterocycles. The minimum absolute atomic E-state index is 0.0217. The number of carbonyl (C=O) groups is 1. The molecule has 22 heavy (non-hydrogen) atoms. The van der Waals surface area contributed by atoms with Crippen molar-refractivity contribution in [3.05, 3.63) is 27.7 Å². The van der Waals surface area contributed by atoms with Crippen LogP contribution in [0.4, 0.5) is 5.13 Å². The second-order valence-corrected chi connectivity index (χ2v) is 7.11. The summed E-state index contributed by atoms with van der Waals surface area (Å²) in [6, 6.07) is 3.73. The van der Waals surface area contributed by atoms with Crippen LogP contribution in [0.25, 0.3) is 0 Å². The average Bonchev–Trinajstić information content (AvgIpc) is 3.16. The fourth-order valence-electron chi connectivity index (χ4n) is 2.19. The molecule has 0 spiro atoms. The summed E-state index contributed by atoms with van der Waals surface area (Å²) >= 11 is 6.44. The van der Waals surface area contributed by atoms with E-state index in [-0.39, 0.29) is 11.3 Å². The molecule has 0 N–H and O–H groups in total. The molecular formula is C13H12BrN3O3S2. The van der Waals surface area contributed by atoms with E-state index >= 15 is 0 Å². The van der Waals surface area contributed by atoms with Gasteiger partial charge in [0.2, 0.25) is 11.0 Å². The molecule has 1 fully saturated rings. The Labute approximate surface area is 143 Å². The Morgan fingerprint density at radius 2 is 2.05 bits per heavy atom. The number of carbonyl (C=O) groups excluding carboxylic acids is 1. The fraction of sp³-hybridized carbons (Fsp3) is 0.308. The van der Waals surface area contributed by atoms with Gasteiger partial charge in [-0.05, 0) is 12.1 Å². The number of rotatable bonds is 4. The maximum absolute atomic E-state index is 12.2. The van der Waals surface area contributed by atoms with Gasteiger partial charge in [-0.2, -0.15) is 0 Å². The van der Waals surface area contributed by atoms with Gasteiger partial charge in [-0.1, -0.05) is 27.3 Å². The van der Waals surface area contributed by atoms with Crippen molar-refractivity contribution in [2.24, 2.45) is 0 Å². The molecule has 6 nitrogen and oxygen atoms in total. The van der Waals surface area contributed by atoms with Crippen LogP contribution in [0.2, 0.25) is 0 Å². The Hall–Kier alpha value is -1.32. The van der Waals surface area contributed by atoms with Crippen LogP contribution in [0.1, 0.15) is 10.9 Å². The van der Waals surface area contributed by atoms with E-state index in [0.29, 0.717) is 22.4 Å². The van der Waals surface area contributed by atoms with E-state index < -0.39 is 0 Å². The van der Waals surface area contributed by atoms with Crippen LogP contribution in [0, 0.1) is 0 Å². The average molecular weight is 402 g/mol. The third-order valence-electron chi connectivity index (χ3n) is 3.19. The van der Waals surface area contributed by atoms with E-state index in [0.717, 1.165) is 10.0 Å².